The molecule has 0 saturated heterocycles. The minimum atomic E-state index is 1.03. The zero-order valence-corrected chi connectivity index (χ0v) is 8.59. The molecule has 0 aromatic carbocycles. The summed E-state index contributed by atoms with van der Waals surface area (Å²) in [6, 6.07) is 4.11. The molecule has 2 aromatic rings. The average molecular weight is 225 g/mol. The molecule has 62 valence electrons. The molecule has 2 heterocycles. The number of aryl methyl sites for hydroxylation is 2. The Bertz CT molecular complexity index is 431. The molecule has 12 heavy (non-hydrogen) atoms. The maximum absolute atomic E-state index is 4.43. The van der Waals surface area contributed by atoms with Gasteiger partial charge in [0.1, 0.15) is 5.65 Å². The molecule has 0 aliphatic rings. The highest BCUT2D eigenvalue weighted by Crippen LogP contribution is 2.23. The van der Waals surface area contributed by atoms with E-state index < -0.39 is 0 Å². The molecule has 0 N–H and O–H groups in total. The first-order valence-corrected chi connectivity index (χ1v) is 4.56. The molecule has 3 heteroatoms. The molecule has 0 radical (unpaired) electrons. The summed E-state index contributed by atoms with van der Waals surface area (Å²) >= 11 is 3.48. The normalized spacial score (nSPS) is 10.9. The van der Waals surface area contributed by atoms with E-state index in [9.17, 15) is 0 Å². The van der Waals surface area contributed by atoms with Gasteiger partial charge in [-0.25, -0.2) is 4.98 Å². The van der Waals surface area contributed by atoms with Gasteiger partial charge in [0.15, 0.2) is 0 Å². The van der Waals surface area contributed by atoms with Crippen molar-refractivity contribution in [2.24, 2.45) is 7.05 Å². The Hall–Kier alpha value is -0.830. The van der Waals surface area contributed by atoms with Crippen molar-refractivity contribution in [3.8, 4) is 0 Å². The summed E-state index contributed by atoms with van der Waals surface area (Å²) in [5.74, 6) is 0. The third kappa shape index (κ3) is 1.05. The van der Waals surface area contributed by atoms with Gasteiger partial charge >= 0.3 is 0 Å². The van der Waals surface area contributed by atoms with Crippen molar-refractivity contribution in [1.29, 1.82) is 0 Å². The van der Waals surface area contributed by atoms with E-state index in [-0.39, 0.29) is 0 Å². The van der Waals surface area contributed by atoms with Crippen LogP contribution in [-0.2, 0) is 7.05 Å². The Labute approximate surface area is 79.3 Å². The molecule has 0 fully saturated rings. The highest BCUT2D eigenvalue weighted by Gasteiger charge is 2.03. The van der Waals surface area contributed by atoms with Gasteiger partial charge in [0.25, 0.3) is 0 Å². The van der Waals surface area contributed by atoms with E-state index in [2.05, 4.69) is 27.0 Å². The summed E-state index contributed by atoms with van der Waals surface area (Å²) in [5.41, 5.74) is 2.08. The Morgan fingerprint density at radius 3 is 2.92 bits per heavy atom. The molecule has 0 aliphatic heterocycles. The lowest BCUT2D eigenvalue weighted by molar-refractivity contribution is 0.941. The van der Waals surface area contributed by atoms with Gasteiger partial charge in [-0.1, -0.05) is 0 Å². The van der Waals surface area contributed by atoms with Crippen LogP contribution < -0.4 is 0 Å². The fraction of sp³-hybridized carbons (Fsp3) is 0.222. The van der Waals surface area contributed by atoms with Crippen molar-refractivity contribution >= 4 is 27.0 Å². The lowest BCUT2D eigenvalue weighted by Gasteiger charge is -1.95. The topological polar surface area (TPSA) is 17.8 Å². The van der Waals surface area contributed by atoms with E-state index in [1.165, 1.54) is 5.39 Å². The minimum Gasteiger partial charge on any atom is -0.334 e. The summed E-state index contributed by atoms with van der Waals surface area (Å²) in [7, 11) is 2.00. The maximum Gasteiger partial charge on any atom is 0.141 e. The summed E-state index contributed by atoms with van der Waals surface area (Å²) in [5, 5.41) is 1.17. The van der Waals surface area contributed by atoms with Crippen LogP contribution in [0.15, 0.2) is 22.8 Å². The van der Waals surface area contributed by atoms with E-state index in [4.69, 9.17) is 0 Å². The van der Waals surface area contributed by atoms with E-state index in [1.807, 2.05) is 30.8 Å². The Kier molecular flexibility index (Phi) is 1.68. The van der Waals surface area contributed by atoms with Crippen LogP contribution in [0.3, 0.4) is 0 Å². The van der Waals surface area contributed by atoms with Crippen molar-refractivity contribution in [2.45, 2.75) is 6.92 Å². The standard InChI is InChI=1S/C9H9BrN2/c1-6-3-4-7-8(10)5-12(2)9(7)11-6/h3-5H,1-2H3. The number of nitrogens with zero attached hydrogens (tertiary/aromatic N) is 2. The molecule has 2 nitrogen and oxygen atoms in total. The van der Waals surface area contributed by atoms with Gasteiger partial charge in [-0.2, -0.15) is 0 Å². The first-order chi connectivity index (χ1) is 5.68. The van der Waals surface area contributed by atoms with Gasteiger partial charge in [0.05, 0.1) is 0 Å². The lowest BCUT2D eigenvalue weighted by Crippen LogP contribution is -1.88. The second-order valence-corrected chi connectivity index (χ2v) is 3.77. The van der Waals surface area contributed by atoms with E-state index in [1.54, 1.807) is 0 Å². The molecule has 2 rings (SSSR count). The second kappa shape index (κ2) is 2.59. The van der Waals surface area contributed by atoms with Crippen molar-refractivity contribution < 1.29 is 0 Å². The third-order valence-corrected chi connectivity index (χ3v) is 2.54. The molecule has 0 aliphatic carbocycles. The summed E-state index contributed by atoms with van der Waals surface area (Å²) in [6.45, 7) is 2.00. The number of hydrogen-bond acceptors (Lipinski definition) is 1. The maximum atomic E-state index is 4.43. The van der Waals surface area contributed by atoms with Crippen LogP contribution in [0.5, 0.6) is 0 Å². The van der Waals surface area contributed by atoms with Crippen LogP contribution in [0, 0.1) is 6.92 Å². The van der Waals surface area contributed by atoms with Crippen molar-refractivity contribution in [1.82, 2.24) is 9.55 Å². The smallest absolute Gasteiger partial charge is 0.141 e. The van der Waals surface area contributed by atoms with Gasteiger partial charge in [0, 0.05) is 28.8 Å². The van der Waals surface area contributed by atoms with Gasteiger partial charge in [-0.05, 0) is 35.0 Å². The predicted molar refractivity (Wildman–Crippen MR) is 53.2 cm³/mol. The number of rotatable bonds is 0. The first-order valence-electron chi connectivity index (χ1n) is 3.76. The molecule has 0 saturated carbocycles. The molecule has 2 aromatic heterocycles. The summed E-state index contributed by atoms with van der Waals surface area (Å²) < 4.78 is 3.12. The minimum absolute atomic E-state index is 1.03. The van der Waals surface area contributed by atoms with Gasteiger partial charge < -0.3 is 4.57 Å². The average Bonchev–Trinajstić information content (AvgIpc) is 2.28. The molecule has 0 spiro atoms. The Morgan fingerprint density at radius 2 is 2.17 bits per heavy atom. The first kappa shape index (κ1) is 7.80. The van der Waals surface area contributed by atoms with Crippen molar-refractivity contribution in [3.63, 3.8) is 0 Å². The van der Waals surface area contributed by atoms with Crippen molar-refractivity contribution in [2.75, 3.05) is 0 Å². The number of fused-ring (bicyclic) bond motifs is 1. The zero-order chi connectivity index (χ0) is 8.72. The van der Waals surface area contributed by atoms with Crippen LogP contribution in [0.2, 0.25) is 0 Å². The largest absolute Gasteiger partial charge is 0.334 e. The fourth-order valence-corrected chi connectivity index (χ4v) is 1.92. The summed E-state index contributed by atoms with van der Waals surface area (Å²) in [4.78, 5) is 4.43. The van der Waals surface area contributed by atoms with Gasteiger partial charge in [0.2, 0.25) is 0 Å². The second-order valence-electron chi connectivity index (χ2n) is 2.91. The molecular formula is C9H9BrN2. The monoisotopic (exact) mass is 224 g/mol. The van der Waals surface area contributed by atoms with E-state index in [0.29, 0.717) is 0 Å². The molecule has 0 amide bonds. The molecule has 0 unspecified atom stereocenters. The lowest BCUT2D eigenvalue weighted by atomic mass is 10.3. The number of hydrogen-bond donors (Lipinski definition) is 0. The number of halogens is 1. The van der Waals surface area contributed by atoms with Crippen LogP contribution in [0.1, 0.15) is 5.69 Å². The van der Waals surface area contributed by atoms with E-state index in [0.717, 1.165) is 15.8 Å². The third-order valence-electron chi connectivity index (χ3n) is 1.91. The fourth-order valence-electron chi connectivity index (χ4n) is 1.30. The molecule has 0 bridgehead atoms. The SMILES string of the molecule is Cc1ccc2c(Br)cn(C)c2n1. The highest BCUT2D eigenvalue weighted by molar-refractivity contribution is 9.10. The van der Waals surface area contributed by atoms with Crippen LogP contribution >= 0.6 is 15.9 Å². The number of pyridine rings is 1. The van der Waals surface area contributed by atoms with Gasteiger partial charge in [-0.15, -0.1) is 0 Å². The quantitative estimate of drug-likeness (QED) is 0.673. The van der Waals surface area contributed by atoms with Crippen molar-refractivity contribution in [3.05, 3.63) is 28.5 Å². The van der Waals surface area contributed by atoms with E-state index >= 15 is 0 Å². The highest BCUT2D eigenvalue weighted by atomic mass is 79.9. The Morgan fingerprint density at radius 1 is 1.42 bits per heavy atom. The number of aromatic nitrogens is 2. The van der Waals surface area contributed by atoms with Crippen LogP contribution in [-0.4, -0.2) is 9.55 Å². The molecular weight excluding hydrogens is 216 g/mol. The Balaban J connectivity index is 2.90. The summed E-state index contributed by atoms with van der Waals surface area (Å²) in [6.07, 6.45) is 2.02. The van der Waals surface area contributed by atoms with Gasteiger partial charge in [-0.3, -0.25) is 0 Å². The van der Waals surface area contributed by atoms with Crippen LogP contribution in [0.4, 0.5) is 0 Å². The predicted octanol–water partition coefficient (Wildman–Crippen LogP) is 2.64. The van der Waals surface area contributed by atoms with Crippen LogP contribution in [0.25, 0.3) is 11.0 Å². The zero-order valence-electron chi connectivity index (χ0n) is 7.00. The molecule has 0 atom stereocenters.